The second-order valence-corrected chi connectivity index (χ2v) is 4.26. The van der Waals surface area contributed by atoms with Gasteiger partial charge >= 0.3 is 0 Å². The van der Waals surface area contributed by atoms with Crippen LogP contribution in [-0.2, 0) is 16.1 Å². The molecule has 1 amide bonds. The largest absolute Gasteiger partial charge is 0.387 e. The molecule has 1 aromatic heterocycles. The zero-order chi connectivity index (χ0) is 13.0. The first-order valence-electron chi connectivity index (χ1n) is 6.14. The highest BCUT2D eigenvalue weighted by molar-refractivity contribution is 5.75. The van der Waals surface area contributed by atoms with Gasteiger partial charge < -0.3 is 14.7 Å². The molecule has 0 bridgehead atoms. The molecule has 0 aromatic carbocycles. The van der Waals surface area contributed by atoms with Crippen molar-refractivity contribution in [1.82, 2.24) is 19.9 Å². The highest BCUT2D eigenvalue weighted by atomic mass is 16.5. The van der Waals surface area contributed by atoms with Crippen molar-refractivity contribution < 1.29 is 14.6 Å². The third kappa shape index (κ3) is 3.05. The van der Waals surface area contributed by atoms with Crippen molar-refractivity contribution in [1.29, 1.82) is 0 Å². The number of aliphatic hydroxyl groups excluding tert-OH is 1. The number of hydrogen-bond donors (Lipinski definition) is 1. The summed E-state index contributed by atoms with van der Waals surface area (Å²) in [6.45, 7) is 4.44. The van der Waals surface area contributed by atoms with E-state index in [1.54, 1.807) is 11.1 Å². The summed E-state index contributed by atoms with van der Waals surface area (Å²) in [6.07, 6.45) is 1.58. The fourth-order valence-electron chi connectivity index (χ4n) is 1.80. The van der Waals surface area contributed by atoms with Gasteiger partial charge in [0.05, 0.1) is 25.5 Å². The molecule has 18 heavy (non-hydrogen) atoms. The van der Waals surface area contributed by atoms with Gasteiger partial charge in [0, 0.05) is 13.1 Å². The maximum atomic E-state index is 11.9. The second-order valence-electron chi connectivity index (χ2n) is 4.26. The number of carbonyl (C=O) groups excluding carboxylic acids is 1. The van der Waals surface area contributed by atoms with E-state index < -0.39 is 6.10 Å². The Morgan fingerprint density at radius 2 is 2.28 bits per heavy atom. The van der Waals surface area contributed by atoms with Gasteiger partial charge in [-0.1, -0.05) is 12.1 Å². The van der Waals surface area contributed by atoms with Gasteiger partial charge in [0.25, 0.3) is 0 Å². The topological polar surface area (TPSA) is 80.5 Å². The minimum Gasteiger partial charge on any atom is -0.387 e. The summed E-state index contributed by atoms with van der Waals surface area (Å²) in [5.41, 5.74) is 0.507. The first-order chi connectivity index (χ1) is 8.70. The highest BCUT2D eigenvalue weighted by Gasteiger charge is 2.18. The lowest BCUT2D eigenvalue weighted by Gasteiger charge is -2.26. The second kappa shape index (κ2) is 5.92. The van der Waals surface area contributed by atoms with Crippen molar-refractivity contribution in [2.45, 2.75) is 26.0 Å². The molecule has 2 rings (SSSR count). The number of aromatic nitrogens is 3. The van der Waals surface area contributed by atoms with Crippen LogP contribution in [0.25, 0.3) is 0 Å². The van der Waals surface area contributed by atoms with Crippen molar-refractivity contribution in [2.75, 3.05) is 26.3 Å². The molecule has 100 valence electrons. The predicted octanol–water partition coefficient (Wildman–Crippen LogP) is -0.420. The maximum absolute atomic E-state index is 11.9. The number of carbonyl (C=O) groups is 1. The van der Waals surface area contributed by atoms with Gasteiger partial charge in [-0.3, -0.25) is 4.79 Å². The van der Waals surface area contributed by atoms with Gasteiger partial charge in [0.15, 0.2) is 0 Å². The molecule has 1 saturated heterocycles. The summed E-state index contributed by atoms with van der Waals surface area (Å²) in [5.74, 6) is 0.000684. The van der Waals surface area contributed by atoms with Crippen LogP contribution in [0, 0.1) is 0 Å². The Balaban J connectivity index is 1.92. The Hall–Kier alpha value is -1.47. The van der Waals surface area contributed by atoms with Crippen LogP contribution in [0.4, 0.5) is 0 Å². The van der Waals surface area contributed by atoms with Crippen LogP contribution in [0.3, 0.4) is 0 Å². The van der Waals surface area contributed by atoms with Crippen molar-refractivity contribution in [3.05, 3.63) is 11.9 Å². The van der Waals surface area contributed by atoms with Gasteiger partial charge in [-0.25, -0.2) is 4.68 Å². The van der Waals surface area contributed by atoms with E-state index in [9.17, 15) is 9.90 Å². The summed E-state index contributed by atoms with van der Waals surface area (Å²) < 4.78 is 6.65. The summed E-state index contributed by atoms with van der Waals surface area (Å²) >= 11 is 0. The smallest absolute Gasteiger partial charge is 0.244 e. The quantitative estimate of drug-likeness (QED) is 0.789. The molecule has 0 radical (unpaired) electrons. The van der Waals surface area contributed by atoms with E-state index in [1.807, 2.05) is 6.92 Å². The summed E-state index contributed by atoms with van der Waals surface area (Å²) in [6, 6.07) is 0. The van der Waals surface area contributed by atoms with Crippen LogP contribution in [-0.4, -0.2) is 57.2 Å². The lowest BCUT2D eigenvalue weighted by atomic mass is 10.2. The number of rotatable bonds is 4. The molecular formula is C11H18N4O3. The minimum absolute atomic E-state index is 0.000684. The highest BCUT2D eigenvalue weighted by Crippen LogP contribution is 2.12. The molecule has 1 N–H and O–H groups in total. The fraction of sp³-hybridized carbons (Fsp3) is 0.727. The van der Waals surface area contributed by atoms with E-state index >= 15 is 0 Å². The van der Waals surface area contributed by atoms with Crippen LogP contribution < -0.4 is 0 Å². The Bertz CT molecular complexity index is 401. The van der Waals surface area contributed by atoms with Gasteiger partial charge in [-0.05, 0) is 6.42 Å². The van der Waals surface area contributed by atoms with Gasteiger partial charge in [-0.2, -0.15) is 0 Å². The van der Waals surface area contributed by atoms with Crippen molar-refractivity contribution in [3.63, 3.8) is 0 Å². The molecular weight excluding hydrogens is 236 g/mol. The molecule has 0 saturated carbocycles. The Labute approximate surface area is 105 Å². The number of amides is 1. The molecule has 1 aliphatic rings. The normalized spacial score (nSPS) is 17.8. The first-order valence-corrected chi connectivity index (χ1v) is 6.14. The van der Waals surface area contributed by atoms with Crippen LogP contribution in [0.2, 0.25) is 0 Å². The molecule has 0 spiro atoms. The number of aliphatic hydroxyl groups is 1. The van der Waals surface area contributed by atoms with E-state index in [0.29, 0.717) is 38.4 Å². The minimum atomic E-state index is -0.614. The van der Waals surface area contributed by atoms with E-state index in [2.05, 4.69) is 10.3 Å². The fourth-order valence-corrected chi connectivity index (χ4v) is 1.80. The SMILES string of the molecule is CCC(O)c1cn(CC(=O)N2CCOCC2)nn1. The van der Waals surface area contributed by atoms with Crippen LogP contribution >= 0.6 is 0 Å². The Kier molecular flexibility index (Phi) is 4.27. The predicted molar refractivity (Wildman–Crippen MR) is 62.7 cm³/mol. The van der Waals surface area contributed by atoms with Gasteiger partial charge in [0.2, 0.25) is 5.91 Å². The monoisotopic (exact) mass is 254 g/mol. The molecule has 1 unspecified atom stereocenters. The number of hydrogen-bond acceptors (Lipinski definition) is 5. The molecule has 2 heterocycles. The Morgan fingerprint density at radius 1 is 1.56 bits per heavy atom. The molecule has 0 aliphatic carbocycles. The van der Waals surface area contributed by atoms with E-state index in [0.717, 1.165) is 0 Å². The summed E-state index contributed by atoms with van der Waals surface area (Å²) in [5, 5.41) is 17.3. The summed E-state index contributed by atoms with van der Waals surface area (Å²) in [7, 11) is 0. The average molecular weight is 254 g/mol. The third-order valence-corrected chi connectivity index (χ3v) is 2.95. The van der Waals surface area contributed by atoms with Crippen molar-refractivity contribution >= 4 is 5.91 Å². The van der Waals surface area contributed by atoms with Crippen molar-refractivity contribution in [2.24, 2.45) is 0 Å². The van der Waals surface area contributed by atoms with Gasteiger partial charge in [-0.15, -0.1) is 5.10 Å². The number of nitrogens with zero attached hydrogens (tertiary/aromatic N) is 4. The number of morpholine rings is 1. The van der Waals surface area contributed by atoms with Crippen LogP contribution in [0.15, 0.2) is 6.20 Å². The van der Waals surface area contributed by atoms with E-state index in [4.69, 9.17) is 4.74 Å². The molecule has 7 heteroatoms. The maximum Gasteiger partial charge on any atom is 0.244 e. The first kappa shape index (κ1) is 13.0. The molecule has 1 atom stereocenters. The zero-order valence-corrected chi connectivity index (χ0v) is 10.4. The van der Waals surface area contributed by atoms with Gasteiger partial charge in [0.1, 0.15) is 12.2 Å². The lowest BCUT2D eigenvalue weighted by Crippen LogP contribution is -2.42. The van der Waals surface area contributed by atoms with E-state index in [-0.39, 0.29) is 12.5 Å². The molecule has 1 aliphatic heterocycles. The average Bonchev–Trinajstić information content (AvgIpc) is 2.87. The van der Waals surface area contributed by atoms with E-state index in [1.165, 1.54) is 4.68 Å². The lowest BCUT2D eigenvalue weighted by molar-refractivity contribution is -0.136. The standard InChI is InChI=1S/C11H18N4O3/c1-2-10(16)9-7-15(13-12-9)8-11(17)14-3-5-18-6-4-14/h7,10,16H,2-6,8H2,1H3. The van der Waals surface area contributed by atoms with Crippen LogP contribution in [0.1, 0.15) is 25.1 Å². The zero-order valence-electron chi connectivity index (χ0n) is 10.4. The molecule has 1 fully saturated rings. The van der Waals surface area contributed by atoms with Crippen LogP contribution in [0.5, 0.6) is 0 Å². The summed E-state index contributed by atoms with van der Waals surface area (Å²) in [4.78, 5) is 13.7. The molecule has 7 nitrogen and oxygen atoms in total. The van der Waals surface area contributed by atoms with Crippen molar-refractivity contribution in [3.8, 4) is 0 Å². The molecule has 1 aromatic rings. The third-order valence-electron chi connectivity index (χ3n) is 2.95. The Morgan fingerprint density at radius 3 is 2.94 bits per heavy atom. The number of ether oxygens (including phenoxy) is 1.